The quantitative estimate of drug-likeness (QED) is 0.892. The van der Waals surface area contributed by atoms with E-state index in [1.165, 1.54) is 11.3 Å². The summed E-state index contributed by atoms with van der Waals surface area (Å²) in [5.74, 6) is 0.131. The number of aryl methyl sites for hydroxylation is 1. The van der Waals surface area contributed by atoms with Crippen molar-refractivity contribution in [1.29, 1.82) is 0 Å². The van der Waals surface area contributed by atoms with Gasteiger partial charge in [-0.2, -0.15) is 0 Å². The third kappa shape index (κ3) is 3.30. The van der Waals surface area contributed by atoms with Crippen molar-refractivity contribution in [3.05, 3.63) is 15.8 Å². The number of nitrogens with two attached hydrogens (primary N) is 1. The molecule has 6 heteroatoms. The van der Waals surface area contributed by atoms with Gasteiger partial charge in [0, 0.05) is 36.1 Å². The lowest BCUT2D eigenvalue weighted by Gasteiger charge is -2.32. The Labute approximate surface area is 123 Å². The molecular formula is C14H21N3O2S. The van der Waals surface area contributed by atoms with E-state index in [-0.39, 0.29) is 17.9 Å². The van der Waals surface area contributed by atoms with Crippen LogP contribution >= 0.6 is 11.3 Å². The van der Waals surface area contributed by atoms with Crippen LogP contribution in [-0.2, 0) is 4.79 Å². The fourth-order valence-electron chi connectivity index (χ4n) is 2.31. The number of rotatable bonds is 3. The number of thiophene rings is 1. The Balaban J connectivity index is 1.90. The zero-order chi connectivity index (χ0) is 14.7. The number of hydrogen-bond acceptors (Lipinski definition) is 4. The van der Waals surface area contributed by atoms with Gasteiger partial charge in [0.05, 0.1) is 4.88 Å². The van der Waals surface area contributed by atoms with Crippen LogP contribution in [-0.4, -0.2) is 35.8 Å². The summed E-state index contributed by atoms with van der Waals surface area (Å²) in [5.41, 5.74) is 6.48. The molecule has 1 fully saturated rings. The number of anilines is 1. The second-order valence-electron chi connectivity index (χ2n) is 5.11. The molecule has 0 aliphatic carbocycles. The van der Waals surface area contributed by atoms with Crippen molar-refractivity contribution in [3.8, 4) is 0 Å². The van der Waals surface area contributed by atoms with E-state index in [2.05, 4.69) is 5.32 Å². The van der Waals surface area contributed by atoms with Crippen LogP contribution in [0, 0.1) is 6.92 Å². The van der Waals surface area contributed by atoms with E-state index in [1.54, 1.807) is 6.07 Å². The van der Waals surface area contributed by atoms with Crippen LogP contribution in [0.3, 0.4) is 0 Å². The van der Waals surface area contributed by atoms with Gasteiger partial charge in [0.2, 0.25) is 5.91 Å². The largest absolute Gasteiger partial charge is 0.398 e. The van der Waals surface area contributed by atoms with Crippen molar-refractivity contribution < 1.29 is 9.59 Å². The Bertz CT molecular complexity index is 485. The van der Waals surface area contributed by atoms with E-state index >= 15 is 0 Å². The van der Waals surface area contributed by atoms with Crippen LogP contribution in [0.15, 0.2) is 6.07 Å². The molecule has 3 N–H and O–H groups in total. The summed E-state index contributed by atoms with van der Waals surface area (Å²) in [4.78, 5) is 27.2. The summed E-state index contributed by atoms with van der Waals surface area (Å²) in [6.45, 7) is 5.13. The molecule has 20 heavy (non-hydrogen) atoms. The van der Waals surface area contributed by atoms with Gasteiger partial charge in [0.25, 0.3) is 5.91 Å². The summed E-state index contributed by atoms with van der Waals surface area (Å²) in [6.07, 6.45) is 2.14. The molecule has 2 rings (SSSR count). The van der Waals surface area contributed by atoms with Gasteiger partial charge >= 0.3 is 0 Å². The molecule has 0 atom stereocenters. The van der Waals surface area contributed by atoms with Crippen molar-refractivity contribution in [3.63, 3.8) is 0 Å². The lowest BCUT2D eigenvalue weighted by Crippen LogP contribution is -2.46. The average Bonchev–Trinajstić information content (AvgIpc) is 2.78. The summed E-state index contributed by atoms with van der Waals surface area (Å²) < 4.78 is 0. The van der Waals surface area contributed by atoms with E-state index < -0.39 is 0 Å². The molecule has 2 heterocycles. The number of carbonyl (C=O) groups is 2. The number of nitrogen functional groups attached to an aromatic ring is 1. The molecule has 2 amide bonds. The van der Waals surface area contributed by atoms with Gasteiger partial charge in [-0.15, -0.1) is 11.3 Å². The fraction of sp³-hybridized carbons (Fsp3) is 0.571. The Hall–Kier alpha value is -1.56. The number of piperidine rings is 1. The minimum atomic E-state index is 0.0510. The maximum Gasteiger partial charge on any atom is 0.264 e. The molecule has 0 saturated carbocycles. The summed E-state index contributed by atoms with van der Waals surface area (Å²) in [7, 11) is 0. The minimum Gasteiger partial charge on any atom is -0.398 e. The van der Waals surface area contributed by atoms with Crippen molar-refractivity contribution in [2.75, 3.05) is 18.8 Å². The molecule has 0 spiro atoms. The van der Waals surface area contributed by atoms with Crippen molar-refractivity contribution in [1.82, 2.24) is 10.2 Å². The maximum absolute atomic E-state index is 12.3. The first-order valence-corrected chi connectivity index (χ1v) is 7.77. The third-order valence-electron chi connectivity index (χ3n) is 3.64. The van der Waals surface area contributed by atoms with Gasteiger partial charge in [-0.1, -0.05) is 6.92 Å². The van der Waals surface area contributed by atoms with Crippen LogP contribution in [0.2, 0.25) is 0 Å². The zero-order valence-corrected chi connectivity index (χ0v) is 12.8. The molecule has 5 nitrogen and oxygen atoms in total. The first-order valence-electron chi connectivity index (χ1n) is 6.95. The van der Waals surface area contributed by atoms with Gasteiger partial charge in [0.15, 0.2) is 0 Å². The number of hydrogen-bond donors (Lipinski definition) is 2. The lowest BCUT2D eigenvalue weighted by atomic mass is 10.0. The minimum absolute atomic E-state index is 0.0510. The Kier molecular flexibility index (Phi) is 4.65. The van der Waals surface area contributed by atoms with Gasteiger partial charge in [-0.25, -0.2) is 0 Å². The molecule has 1 aliphatic rings. The lowest BCUT2D eigenvalue weighted by molar-refractivity contribution is -0.121. The summed E-state index contributed by atoms with van der Waals surface area (Å²) in [5, 5.41) is 2.99. The second-order valence-corrected chi connectivity index (χ2v) is 6.37. The predicted molar refractivity (Wildman–Crippen MR) is 80.8 cm³/mol. The highest BCUT2D eigenvalue weighted by molar-refractivity contribution is 7.14. The number of amides is 2. The third-order valence-corrected chi connectivity index (χ3v) is 4.69. The van der Waals surface area contributed by atoms with Gasteiger partial charge in [-0.05, 0) is 25.8 Å². The standard InChI is InChI=1S/C14H21N3O2S/c1-3-13(18)16-10-4-6-17(7-5-10)14(19)12-8-11(15)9(2)20-12/h8,10H,3-7,15H2,1-2H3,(H,16,18). The molecule has 0 unspecified atom stereocenters. The van der Waals surface area contributed by atoms with Crippen molar-refractivity contribution >= 4 is 28.8 Å². The maximum atomic E-state index is 12.3. The monoisotopic (exact) mass is 295 g/mol. The molecule has 1 aliphatic heterocycles. The number of carbonyl (C=O) groups excluding carboxylic acids is 2. The van der Waals surface area contributed by atoms with E-state index in [4.69, 9.17) is 5.73 Å². The van der Waals surface area contributed by atoms with Crippen molar-refractivity contribution in [2.24, 2.45) is 0 Å². The van der Waals surface area contributed by atoms with E-state index in [1.807, 2.05) is 18.7 Å². The van der Waals surface area contributed by atoms with Gasteiger partial charge in [-0.3, -0.25) is 9.59 Å². The Morgan fingerprint density at radius 2 is 2.10 bits per heavy atom. The van der Waals surface area contributed by atoms with Crippen LogP contribution in [0.5, 0.6) is 0 Å². The van der Waals surface area contributed by atoms with E-state index in [0.29, 0.717) is 30.1 Å². The summed E-state index contributed by atoms with van der Waals surface area (Å²) >= 11 is 1.45. The zero-order valence-electron chi connectivity index (χ0n) is 11.9. The van der Waals surface area contributed by atoms with Crippen molar-refractivity contribution in [2.45, 2.75) is 39.2 Å². The fourth-order valence-corrected chi connectivity index (χ4v) is 3.22. The first-order chi connectivity index (χ1) is 9.51. The molecule has 0 radical (unpaired) electrons. The van der Waals surface area contributed by atoms with Gasteiger partial charge in [0.1, 0.15) is 0 Å². The van der Waals surface area contributed by atoms with Gasteiger partial charge < -0.3 is 16.0 Å². The van der Waals surface area contributed by atoms with E-state index in [0.717, 1.165) is 17.7 Å². The summed E-state index contributed by atoms with van der Waals surface area (Å²) in [6, 6.07) is 1.95. The highest BCUT2D eigenvalue weighted by Gasteiger charge is 2.25. The smallest absolute Gasteiger partial charge is 0.264 e. The molecule has 0 bridgehead atoms. The highest BCUT2D eigenvalue weighted by Crippen LogP contribution is 2.25. The average molecular weight is 295 g/mol. The molecular weight excluding hydrogens is 274 g/mol. The SMILES string of the molecule is CCC(=O)NC1CCN(C(=O)c2cc(N)c(C)s2)CC1. The number of nitrogens with zero attached hydrogens (tertiary/aromatic N) is 1. The normalized spacial score (nSPS) is 16.2. The molecule has 110 valence electrons. The highest BCUT2D eigenvalue weighted by atomic mass is 32.1. The van der Waals surface area contributed by atoms with Crippen LogP contribution in [0.25, 0.3) is 0 Å². The Morgan fingerprint density at radius 1 is 1.45 bits per heavy atom. The van der Waals surface area contributed by atoms with Crippen LogP contribution < -0.4 is 11.1 Å². The van der Waals surface area contributed by atoms with Crippen LogP contribution in [0.4, 0.5) is 5.69 Å². The topological polar surface area (TPSA) is 75.4 Å². The molecule has 0 aromatic carbocycles. The Morgan fingerprint density at radius 3 is 2.60 bits per heavy atom. The van der Waals surface area contributed by atoms with Crippen LogP contribution in [0.1, 0.15) is 40.7 Å². The molecule has 1 aromatic rings. The van der Waals surface area contributed by atoms with E-state index in [9.17, 15) is 9.59 Å². The first kappa shape index (κ1) is 14.8. The predicted octanol–water partition coefficient (Wildman–Crippen LogP) is 1.77. The molecule has 1 saturated heterocycles. The number of nitrogens with one attached hydrogen (secondary N) is 1. The second kappa shape index (κ2) is 6.26. The number of likely N-dealkylation sites (tertiary alicyclic amines) is 1. The molecule has 1 aromatic heterocycles.